The first-order valence-corrected chi connectivity index (χ1v) is 19.0. The van der Waals surface area contributed by atoms with Gasteiger partial charge in [-0.15, -0.1) is 0 Å². The highest BCUT2D eigenvalue weighted by Crippen LogP contribution is 2.38. The maximum atomic E-state index is 10.4. The van der Waals surface area contributed by atoms with Crippen molar-refractivity contribution in [2.45, 2.75) is 6.92 Å². The molecule has 0 spiro atoms. The van der Waals surface area contributed by atoms with Crippen molar-refractivity contribution in [3.05, 3.63) is 227 Å². The Labute approximate surface area is 339 Å². The van der Waals surface area contributed by atoms with Crippen LogP contribution in [0.1, 0.15) is 33.4 Å². The molecule has 0 heterocycles. The van der Waals surface area contributed by atoms with Gasteiger partial charge in [-0.25, -0.2) is 4.85 Å². The normalized spacial score (nSPS) is 11.1. The Morgan fingerprint density at radius 3 is 1.38 bits per heavy atom. The van der Waals surface area contributed by atoms with Gasteiger partial charge < -0.3 is 14.9 Å². The molecule has 0 aliphatic rings. The minimum atomic E-state index is 0.217. The fourth-order valence-electron chi connectivity index (χ4n) is 7.13. The number of nitriles is 1. The van der Waals surface area contributed by atoms with Crippen LogP contribution >= 0.6 is 0 Å². The molecule has 8 aromatic carbocycles. The number of phenolic OH excluding ortho intramolecular Hbond substituents is 1. The third kappa shape index (κ3) is 7.84. The topological polar surface area (TPSA) is 54.9 Å². The van der Waals surface area contributed by atoms with Gasteiger partial charge in [-0.1, -0.05) is 127 Å². The van der Waals surface area contributed by atoms with E-state index in [4.69, 9.17) is 6.57 Å². The monoisotopic (exact) mass is 746 g/mol. The second-order valence-electron chi connectivity index (χ2n) is 13.9. The van der Waals surface area contributed by atoms with Crippen molar-refractivity contribution < 1.29 is 5.11 Å². The van der Waals surface area contributed by atoms with Crippen LogP contribution in [0.5, 0.6) is 5.75 Å². The molecule has 0 fully saturated rings. The molecule has 0 atom stereocenters. The standard InChI is InChI=1S/C53H38N4O/c1-38-13-25-45(26-14-38)56(43-9-5-3-6-10-43)46-27-17-39(18-28-46)15-21-41-23-36-51-50(52(41)37-54)35-24-42(53(51)55-2)22-16-40-19-29-47(30-20-40)57(44-11-7-4-8-12-44)48-31-33-49(58)34-32-48/h3-36,58H,1H3. The lowest BCUT2D eigenvalue weighted by molar-refractivity contribution is 0.475. The van der Waals surface area contributed by atoms with Crippen molar-refractivity contribution in [2.24, 2.45) is 0 Å². The average molecular weight is 747 g/mol. The molecular formula is C53H38N4O. The zero-order valence-corrected chi connectivity index (χ0v) is 31.9. The third-order valence-electron chi connectivity index (χ3n) is 10.1. The van der Waals surface area contributed by atoms with Gasteiger partial charge in [0.1, 0.15) is 11.8 Å². The van der Waals surface area contributed by atoms with Crippen molar-refractivity contribution in [3.8, 4) is 11.8 Å². The lowest BCUT2D eigenvalue weighted by atomic mass is 9.95. The van der Waals surface area contributed by atoms with Gasteiger partial charge in [-0.3, -0.25) is 0 Å². The number of fused-ring (bicyclic) bond motifs is 1. The smallest absolute Gasteiger partial charge is 0.202 e. The van der Waals surface area contributed by atoms with Gasteiger partial charge in [0.15, 0.2) is 0 Å². The van der Waals surface area contributed by atoms with Crippen molar-refractivity contribution in [1.82, 2.24) is 0 Å². The first-order valence-electron chi connectivity index (χ1n) is 19.0. The van der Waals surface area contributed by atoms with Crippen LogP contribution in [0.4, 0.5) is 39.8 Å². The van der Waals surface area contributed by atoms with Crippen molar-refractivity contribution in [3.63, 3.8) is 0 Å². The summed E-state index contributed by atoms with van der Waals surface area (Å²) in [6.07, 6.45) is 7.95. The second-order valence-corrected chi connectivity index (χ2v) is 13.9. The summed E-state index contributed by atoms with van der Waals surface area (Å²) in [6.45, 7) is 10.2. The Balaban J connectivity index is 1.03. The number of nitrogens with zero attached hydrogens (tertiary/aromatic N) is 4. The van der Waals surface area contributed by atoms with Gasteiger partial charge >= 0.3 is 0 Å². The van der Waals surface area contributed by atoms with Crippen LogP contribution in [-0.4, -0.2) is 5.11 Å². The molecule has 5 heteroatoms. The van der Waals surface area contributed by atoms with Gasteiger partial charge in [0.2, 0.25) is 5.69 Å². The van der Waals surface area contributed by atoms with Gasteiger partial charge in [0, 0.05) is 34.1 Å². The van der Waals surface area contributed by atoms with E-state index in [1.165, 1.54) is 5.56 Å². The molecule has 0 aliphatic heterocycles. The molecule has 0 saturated heterocycles. The van der Waals surface area contributed by atoms with Crippen molar-refractivity contribution in [1.29, 1.82) is 5.26 Å². The molecule has 1 N–H and O–H groups in total. The molecule has 0 amide bonds. The predicted molar refractivity (Wildman–Crippen MR) is 241 cm³/mol. The summed E-state index contributed by atoms with van der Waals surface area (Å²) in [5.74, 6) is 0.217. The number of rotatable bonds is 10. The summed E-state index contributed by atoms with van der Waals surface area (Å²) < 4.78 is 0. The molecule has 5 nitrogen and oxygen atoms in total. The summed E-state index contributed by atoms with van der Waals surface area (Å²) in [5, 5.41) is 21.7. The van der Waals surface area contributed by atoms with E-state index in [9.17, 15) is 10.4 Å². The minimum absolute atomic E-state index is 0.217. The van der Waals surface area contributed by atoms with E-state index in [0.29, 0.717) is 11.3 Å². The molecule has 0 bridgehead atoms. The number of hydrogen-bond donors (Lipinski definition) is 1. The highest BCUT2D eigenvalue weighted by molar-refractivity contribution is 6.03. The van der Waals surface area contributed by atoms with Gasteiger partial charge in [0.05, 0.1) is 12.1 Å². The van der Waals surface area contributed by atoms with E-state index >= 15 is 0 Å². The van der Waals surface area contributed by atoms with Crippen molar-refractivity contribution in [2.75, 3.05) is 9.80 Å². The van der Waals surface area contributed by atoms with E-state index in [1.807, 2.05) is 109 Å². The lowest BCUT2D eigenvalue weighted by Crippen LogP contribution is -2.09. The van der Waals surface area contributed by atoms with E-state index in [0.717, 1.165) is 67.2 Å². The van der Waals surface area contributed by atoms with Crippen LogP contribution in [0, 0.1) is 24.8 Å². The third-order valence-corrected chi connectivity index (χ3v) is 10.1. The molecule has 0 aliphatic carbocycles. The number of para-hydroxylation sites is 2. The Kier molecular flexibility index (Phi) is 10.6. The van der Waals surface area contributed by atoms with Gasteiger partial charge in [0.25, 0.3) is 0 Å². The van der Waals surface area contributed by atoms with Gasteiger partial charge in [-0.2, -0.15) is 5.26 Å². The summed E-state index contributed by atoms with van der Waals surface area (Å²) in [4.78, 5) is 8.30. The Morgan fingerprint density at radius 2 is 0.897 bits per heavy atom. The summed E-state index contributed by atoms with van der Waals surface area (Å²) in [5.41, 5.74) is 11.9. The summed E-state index contributed by atoms with van der Waals surface area (Å²) in [7, 11) is 0. The number of hydrogen-bond acceptors (Lipinski definition) is 4. The van der Waals surface area contributed by atoms with Crippen LogP contribution in [0.25, 0.3) is 39.9 Å². The Morgan fingerprint density at radius 1 is 0.483 bits per heavy atom. The fraction of sp³-hybridized carbons (Fsp3) is 0.0189. The largest absolute Gasteiger partial charge is 0.508 e. The number of aromatic hydroxyl groups is 1. The highest BCUT2D eigenvalue weighted by atomic mass is 16.3. The molecular weight excluding hydrogens is 709 g/mol. The van der Waals surface area contributed by atoms with E-state index in [1.54, 1.807) is 12.1 Å². The molecule has 58 heavy (non-hydrogen) atoms. The first-order chi connectivity index (χ1) is 28.5. The highest BCUT2D eigenvalue weighted by Gasteiger charge is 2.15. The first kappa shape index (κ1) is 36.8. The molecule has 8 rings (SSSR count). The number of aryl methyl sites for hydroxylation is 1. The zero-order valence-electron chi connectivity index (χ0n) is 31.9. The molecule has 0 unspecified atom stereocenters. The second kappa shape index (κ2) is 16.7. The number of anilines is 6. The van der Waals surface area contributed by atoms with E-state index in [-0.39, 0.29) is 5.75 Å². The Hall–Kier alpha value is -8.12. The molecule has 0 radical (unpaired) electrons. The molecule has 0 aromatic heterocycles. The quantitative estimate of drug-likeness (QED) is 0.112. The van der Waals surface area contributed by atoms with Crippen LogP contribution in [0.3, 0.4) is 0 Å². The van der Waals surface area contributed by atoms with Crippen molar-refractivity contribution >= 4 is 74.9 Å². The summed E-state index contributed by atoms with van der Waals surface area (Å²) in [6, 6.07) is 62.8. The van der Waals surface area contributed by atoms with Crippen LogP contribution in [-0.2, 0) is 0 Å². The maximum absolute atomic E-state index is 10.4. The molecule has 8 aromatic rings. The number of phenols is 1. The lowest BCUT2D eigenvalue weighted by Gasteiger charge is -2.25. The average Bonchev–Trinajstić information content (AvgIpc) is 3.27. The van der Waals surface area contributed by atoms with Gasteiger partial charge in [-0.05, 0) is 125 Å². The minimum Gasteiger partial charge on any atom is -0.508 e. The van der Waals surface area contributed by atoms with Crippen LogP contribution in [0.15, 0.2) is 182 Å². The molecule has 0 saturated carbocycles. The SMILES string of the molecule is [C-]#[N+]c1c(C=Cc2ccc(N(c3ccccc3)c3ccc(O)cc3)cc2)ccc2c(C#N)c(C=Cc3ccc(N(c4ccccc4)c4ccc(C)cc4)cc3)ccc12. The van der Waals surface area contributed by atoms with E-state index < -0.39 is 0 Å². The maximum Gasteiger partial charge on any atom is 0.202 e. The fourth-order valence-corrected chi connectivity index (χ4v) is 7.13. The van der Waals surface area contributed by atoms with E-state index in [2.05, 4.69) is 113 Å². The predicted octanol–water partition coefficient (Wildman–Crippen LogP) is 14.6. The Bertz CT molecular complexity index is 2630. The van der Waals surface area contributed by atoms with Crippen LogP contribution < -0.4 is 9.80 Å². The molecule has 276 valence electrons. The number of benzene rings is 8. The summed E-state index contributed by atoms with van der Waals surface area (Å²) >= 11 is 0. The van der Waals surface area contributed by atoms with Crippen LogP contribution in [0.2, 0.25) is 0 Å². The zero-order chi connectivity index (χ0) is 39.8.